The van der Waals surface area contributed by atoms with E-state index in [0.717, 1.165) is 0 Å². The number of nitrogen functional groups attached to an aromatic ring is 1. The summed E-state index contributed by atoms with van der Waals surface area (Å²) in [5, 5.41) is 0.576. The Balaban J connectivity index is 2.07. The first-order valence-corrected chi connectivity index (χ1v) is 5.54. The molecule has 2 aromatic rings. The van der Waals surface area contributed by atoms with Gasteiger partial charge in [0, 0.05) is 5.02 Å². The van der Waals surface area contributed by atoms with E-state index in [1.165, 1.54) is 12.3 Å². The van der Waals surface area contributed by atoms with Gasteiger partial charge in [0.15, 0.2) is 5.76 Å². The molecule has 0 saturated heterocycles. The number of amides is 1. The summed E-state index contributed by atoms with van der Waals surface area (Å²) in [5.74, 6) is 5.63. The van der Waals surface area contributed by atoms with E-state index >= 15 is 0 Å². The SMILES string of the molecule is NNC(=O)c1ccoc1COc1cccc(Cl)c1. The first-order chi connectivity index (χ1) is 8.70. The van der Waals surface area contributed by atoms with Gasteiger partial charge in [-0.2, -0.15) is 0 Å². The Bertz CT molecular complexity index is 554. The minimum atomic E-state index is -0.423. The molecule has 1 amide bonds. The van der Waals surface area contributed by atoms with Crippen molar-refractivity contribution in [2.45, 2.75) is 6.61 Å². The molecule has 0 saturated carbocycles. The molecule has 0 spiro atoms. The molecule has 18 heavy (non-hydrogen) atoms. The van der Waals surface area contributed by atoms with Crippen LogP contribution in [0.1, 0.15) is 16.1 Å². The number of carbonyl (C=O) groups excluding carboxylic acids is 1. The number of nitrogens with one attached hydrogen (secondary N) is 1. The van der Waals surface area contributed by atoms with Crippen LogP contribution in [0.4, 0.5) is 0 Å². The van der Waals surface area contributed by atoms with Crippen LogP contribution in [0.3, 0.4) is 0 Å². The highest BCUT2D eigenvalue weighted by Crippen LogP contribution is 2.19. The number of carbonyl (C=O) groups is 1. The van der Waals surface area contributed by atoms with Gasteiger partial charge < -0.3 is 9.15 Å². The van der Waals surface area contributed by atoms with Crippen molar-refractivity contribution in [3.05, 3.63) is 52.9 Å². The van der Waals surface area contributed by atoms with Gasteiger partial charge in [-0.25, -0.2) is 5.84 Å². The quantitative estimate of drug-likeness (QED) is 0.505. The van der Waals surface area contributed by atoms with E-state index in [9.17, 15) is 4.79 Å². The average Bonchev–Trinajstić information content (AvgIpc) is 2.84. The maximum Gasteiger partial charge on any atom is 0.268 e. The maximum absolute atomic E-state index is 11.4. The highest BCUT2D eigenvalue weighted by Gasteiger charge is 2.13. The van der Waals surface area contributed by atoms with Gasteiger partial charge in [-0.15, -0.1) is 0 Å². The highest BCUT2D eigenvalue weighted by atomic mass is 35.5. The summed E-state index contributed by atoms with van der Waals surface area (Å²) in [6, 6.07) is 8.48. The molecule has 1 aromatic carbocycles. The Morgan fingerprint density at radius 1 is 1.44 bits per heavy atom. The first kappa shape index (κ1) is 12.5. The minimum Gasteiger partial charge on any atom is -0.486 e. The third-order valence-electron chi connectivity index (χ3n) is 2.29. The van der Waals surface area contributed by atoms with Gasteiger partial charge >= 0.3 is 0 Å². The van der Waals surface area contributed by atoms with Crippen LogP contribution in [-0.2, 0) is 6.61 Å². The number of benzene rings is 1. The number of hydrogen-bond donors (Lipinski definition) is 2. The first-order valence-electron chi connectivity index (χ1n) is 5.16. The van der Waals surface area contributed by atoms with E-state index in [0.29, 0.717) is 22.1 Å². The summed E-state index contributed by atoms with van der Waals surface area (Å²) in [6.45, 7) is 0.121. The van der Waals surface area contributed by atoms with Crippen LogP contribution in [-0.4, -0.2) is 5.91 Å². The Kier molecular flexibility index (Phi) is 3.86. The lowest BCUT2D eigenvalue weighted by Crippen LogP contribution is -2.30. The molecule has 0 bridgehead atoms. The standard InChI is InChI=1S/C12H11ClN2O3/c13-8-2-1-3-9(6-8)18-7-11-10(4-5-17-11)12(16)15-14/h1-6H,7,14H2,(H,15,16). The predicted octanol–water partition coefficient (Wildman–Crippen LogP) is 2.12. The Morgan fingerprint density at radius 3 is 3.00 bits per heavy atom. The lowest BCUT2D eigenvalue weighted by atomic mass is 10.2. The third kappa shape index (κ3) is 2.82. The molecule has 0 atom stereocenters. The Morgan fingerprint density at radius 2 is 2.28 bits per heavy atom. The molecule has 2 rings (SSSR count). The summed E-state index contributed by atoms with van der Waals surface area (Å²) in [4.78, 5) is 11.4. The summed E-state index contributed by atoms with van der Waals surface area (Å²) in [5.41, 5.74) is 2.39. The van der Waals surface area contributed by atoms with Crippen molar-refractivity contribution in [3.8, 4) is 5.75 Å². The lowest BCUT2D eigenvalue weighted by Gasteiger charge is -2.05. The molecule has 94 valence electrons. The lowest BCUT2D eigenvalue weighted by molar-refractivity contribution is 0.0949. The number of halogens is 1. The number of hydrogen-bond acceptors (Lipinski definition) is 4. The largest absolute Gasteiger partial charge is 0.486 e. The van der Waals surface area contributed by atoms with E-state index in [4.69, 9.17) is 26.6 Å². The molecule has 0 unspecified atom stereocenters. The van der Waals surface area contributed by atoms with E-state index in [2.05, 4.69) is 0 Å². The fourth-order valence-corrected chi connectivity index (χ4v) is 1.62. The highest BCUT2D eigenvalue weighted by molar-refractivity contribution is 6.30. The normalized spacial score (nSPS) is 10.1. The average molecular weight is 267 g/mol. The molecule has 3 N–H and O–H groups in total. The van der Waals surface area contributed by atoms with Crippen LogP contribution in [0.2, 0.25) is 5.02 Å². The Hall–Kier alpha value is -1.98. The smallest absolute Gasteiger partial charge is 0.268 e. The molecule has 1 aromatic heterocycles. The van der Waals surface area contributed by atoms with Crippen molar-refractivity contribution in [3.63, 3.8) is 0 Å². The summed E-state index contributed by atoms with van der Waals surface area (Å²) in [6.07, 6.45) is 1.40. The molecule has 1 heterocycles. The molecule has 0 aliphatic rings. The molecular weight excluding hydrogens is 256 g/mol. The summed E-state index contributed by atoms with van der Waals surface area (Å²) < 4.78 is 10.6. The van der Waals surface area contributed by atoms with Crippen LogP contribution >= 0.6 is 11.6 Å². The van der Waals surface area contributed by atoms with Crippen LogP contribution in [0, 0.1) is 0 Å². The molecule has 0 aliphatic carbocycles. The third-order valence-corrected chi connectivity index (χ3v) is 2.52. The fraction of sp³-hybridized carbons (Fsp3) is 0.0833. The fourth-order valence-electron chi connectivity index (χ4n) is 1.44. The molecule has 0 radical (unpaired) electrons. The van der Waals surface area contributed by atoms with E-state index in [1.54, 1.807) is 24.3 Å². The zero-order valence-corrected chi connectivity index (χ0v) is 10.1. The van der Waals surface area contributed by atoms with Crippen molar-refractivity contribution in [1.82, 2.24) is 5.43 Å². The second-order valence-electron chi connectivity index (χ2n) is 3.48. The molecule has 5 nitrogen and oxygen atoms in total. The summed E-state index contributed by atoms with van der Waals surface area (Å²) in [7, 11) is 0. The maximum atomic E-state index is 11.4. The van der Waals surface area contributed by atoms with Gasteiger partial charge in [-0.05, 0) is 24.3 Å². The zero-order chi connectivity index (χ0) is 13.0. The van der Waals surface area contributed by atoms with Crippen LogP contribution < -0.4 is 16.0 Å². The monoisotopic (exact) mass is 266 g/mol. The number of hydrazine groups is 1. The van der Waals surface area contributed by atoms with Crippen LogP contribution in [0.15, 0.2) is 41.0 Å². The van der Waals surface area contributed by atoms with Crippen LogP contribution in [0.5, 0.6) is 5.75 Å². The molecule has 0 fully saturated rings. The number of nitrogens with two attached hydrogens (primary N) is 1. The topological polar surface area (TPSA) is 77.5 Å². The van der Waals surface area contributed by atoms with E-state index < -0.39 is 5.91 Å². The van der Waals surface area contributed by atoms with Crippen molar-refractivity contribution in [2.75, 3.05) is 0 Å². The van der Waals surface area contributed by atoms with Gasteiger partial charge in [-0.3, -0.25) is 10.2 Å². The number of rotatable bonds is 4. The van der Waals surface area contributed by atoms with Gasteiger partial charge in [-0.1, -0.05) is 17.7 Å². The Labute approximate surface area is 108 Å². The molecule has 0 aliphatic heterocycles. The van der Waals surface area contributed by atoms with Gasteiger partial charge in [0.25, 0.3) is 5.91 Å². The van der Waals surface area contributed by atoms with Crippen molar-refractivity contribution in [2.24, 2.45) is 5.84 Å². The van der Waals surface area contributed by atoms with Gasteiger partial charge in [0.1, 0.15) is 12.4 Å². The predicted molar refractivity (Wildman–Crippen MR) is 66.1 cm³/mol. The van der Waals surface area contributed by atoms with E-state index in [1.807, 2.05) is 5.43 Å². The second-order valence-corrected chi connectivity index (χ2v) is 3.91. The van der Waals surface area contributed by atoms with Crippen LogP contribution in [0.25, 0.3) is 0 Å². The minimum absolute atomic E-state index is 0.121. The van der Waals surface area contributed by atoms with Crippen molar-refractivity contribution >= 4 is 17.5 Å². The molecule has 6 heteroatoms. The second kappa shape index (κ2) is 5.57. The summed E-state index contributed by atoms with van der Waals surface area (Å²) >= 11 is 5.83. The molecular formula is C12H11ClN2O3. The van der Waals surface area contributed by atoms with Crippen molar-refractivity contribution < 1.29 is 13.9 Å². The van der Waals surface area contributed by atoms with Gasteiger partial charge in [0.05, 0.1) is 11.8 Å². The zero-order valence-electron chi connectivity index (χ0n) is 9.35. The number of ether oxygens (including phenoxy) is 1. The van der Waals surface area contributed by atoms with E-state index in [-0.39, 0.29) is 6.61 Å². The van der Waals surface area contributed by atoms with Gasteiger partial charge in [0.2, 0.25) is 0 Å². The van der Waals surface area contributed by atoms with Crippen molar-refractivity contribution in [1.29, 1.82) is 0 Å². The number of furan rings is 1.